The molecule has 1 aliphatic heterocycles. The van der Waals surface area contributed by atoms with Gasteiger partial charge in [0.15, 0.2) is 0 Å². The molecule has 1 aliphatic rings. The molecule has 3 nitrogen and oxygen atoms in total. The first-order valence-corrected chi connectivity index (χ1v) is 8.77. The maximum absolute atomic E-state index is 5.33. The number of allylic oxidation sites excluding steroid dienone is 4. The van der Waals surface area contributed by atoms with E-state index < -0.39 is 0 Å². The minimum atomic E-state index is 0.416. The summed E-state index contributed by atoms with van der Waals surface area (Å²) in [5, 5.41) is 3.72. The van der Waals surface area contributed by atoms with Crippen molar-refractivity contribution < 1.29 is 9.47 Å². The molecule has 0 saturated carbocycles. The fourth-order valence-corrected chi connectivity index (χ4v) is 3.50. The van der Waals surface area contributed by atoms with Gasteiger partial charge in [-0.3, -0.25) is 0 Å². The SMILES string of the molecule is CCCC(C)(C)CC1CC(C(=C/C=C/OC)/C=C(\C)OC)CN1. The number of nitrogens with one attached hydrogen (secondary N) is 1. The molecule has 0 aromatic rings. The molecule has 1 saturated heterocycles. The van der Waals surface area contributed by atoms with Crippen molar-refractivity contribution in [1.29, 1.82) is 0 Å². The van der Waals surface area contributed by atoms with Gasteiger partial charge in [-0.05, 0) is 55.2 Å². The van der Waals surface area contributed by atoms with Gasteiger partial charge in [0.1, 0.15) is 0 Å². The highest BCUT2D eigenvalue weighted by Crippen LogP contribution is 2.34. The van der Waals surface area contributed by atoms with Gasteiger partial charge in [-0.1, -0.05) is 33.3 Å². The van der Waals surface area contributed by atoms with Crippen LogP contribution in [0.2, 0.25) is 0 Å². The molecule has 0 bridgehead atoms. The molecule has 1 heterocycles. The Morgan fingerprint density at radius 1 is 1.30 bits per heavy atom. The molecule has 0 amide bonds. The van der Waals surface area contributed by atoms with E-state index in [1.165, 1.54) is 31.3 Å². The van der Waals surface area contributed by atoms with Crippen LogP contribution in [0.25, 0.3) is 0 Å². The Morgan fingerprint density at radius 3 is 2.65 bits per heavy atom. The van der Waals surface area contributed by atoms with Crippen LogP contribution in [0, 0.1) is 11.3 Å². The molecule has 0 aromatic carbocycles. The zero-order valence-electron chi connectivity index (χ0n) is 15.8. The van der Waals surface area contributed by atoms with Crippen LogP contribution >= 0.6 is 0 Å². The third-order valence-corrected chi connectivity index (χ3v) is 4.61. The summed E-state index contributed by atoms with van der Waals surface area (Å²) in [7, 11) is 3.39. The molecule has 23 heavy (non-hydrogen) atoms. The van der Waals surface area contributed by atoms with Crippen LogP contribution in [-0.2, 0) is 9.47 Å². The zero-order chi connectivity index (χ0) is 17.3. The first-order chi connectivity index (χ1) is 10.9. The van der Waals surface area contributed by atoms with E-state index in [-0.39, 0.29) is 0 Å². The minimum absolute atomic E-state index is 0.416. The van der Waals surface area contributed by atoms with Gasteiger partial charge < -0.3 is 14.8 Å². The molecule has 1 rings (SSSR count). The Labute approximate surface area is 142 Å². The van der Waals surface area contributed by atoms with E-state index in [9.17, 15) is 0 Å². The lowest BCUT2D eigenvalue weighted by molar-refractivity contribution is 0.267. The van der Waals surface area contributed by atoms with E-state index in [1.807, 2.05) is 13.0 Å². The lowest BCUT2D eigenvalue weighted by atomic mass is 9.80. The molecule has 2 unspecified atom stereocenters. The number of hydrogen-bond acceptors (Lipinski definition) is 3. The van der Waals surface area contributed by atoms with Crippen molar-refractivity contribution in [3.63, 3.8) is 0 Å². The molecule has 2 atom stereocenters. The minimum Gasteiger partial charge on any atom is -0.504 e. The monoisotopic (exact) mass is 321 g/mol. The van der Waals surface area contributed by atoms with Crippen LogP contribution in [-0.4, -0.2) is 26.8 Å². The van der Waals surface area contributed by atoms with Crippen LogP contribution in [0.4, 0.5) is 0 Å². The standard InChI is InChI=1S/C20H35NO2/c1-7-10-20(3,4)14-19-13-18(15-21-19)17(9-8-11-22-5)12-16(2)23-6/h8-9,11-12,18-19,21H,7,10,13-15H2,1-6H3/b11-8+,16-12+,17-9+. The summed E-state index contributed by atoms with van der Waals surface area (Å²) in [6.45, 7) is 10.1. The quantitative estimate of drug-likeness (QED) is 0.488. The highest BCUT2D eigenvalue weighted by molar-refractivity contribution is 5.29. The van der Waals surface area contributed by atoms with E-state index in [2.05, 4.69) is 38.2 Å². The van der Waals surface area contributed by atoms with E-state index in [4.69, 9.17) is 9.47 Å². The lowest BCUT2D eigenvalue weighted by Crippen LogP contribution is -2.28. The van der Waals surface area contributed by atoms with Crippen molar-refractivity contribution >= 4 is 0 Å². The second kappa shape index (κ2) is 9.82. The topological polar surface area (TPSA) is 30.5 Å². The summed E-state index contributed by atoms with van der Waals surface area (Å²) in [5.74, 6) is 1.47. The Kier molecular flexibility index (Phi) is 8.46. The summed E-state index contributed by atoms with van der Waals surface area (Å²) < 4.78 is 10.3. The zero-order valence-corrected chi connectivity index (χ0v) is 15.8. The highest BCUT2D eigenvalue weighted by atomic mass is 16.5. The average Bonchev–Trinajstić information content (AvgIpc) is 2.93. The molecule has 132 valence electrons. The number of ether oxygens (including phenoxy) is 2. The van der Waals surface area contributed by atoms with Crippen LogP contribution in [0.5, 0.6) is 0 Å². The third-order valence-electron chi connectivity index (χ3n) is 4.61. The molecule has 0 radical (unpaired) electrons. The Hall–Kier alpha value is -1.22. The molecule has 1 N–H and O–H groups in total. The second-order valence-corrected chi connectivity index (χ2v) is 7.35. The average molecular weight is 322 g/mol. The van der Waals surface area contributed by atoms with E-state index in [1.54, 1.807) is 20.5 Å². The smallest absolute Gasteiger partial charge is 0.0927 e. The van der Waals surface area contributed by atoms with Gasteiger partial charge in [0.05, 0.1) is 26.2 Å². The molecule has 0 aromatic heterocycles. The summed E-state index contributed by atoms with van der Waals surface area (Å²) in [6, 6.07) is 0.604. The molecule has 3 heteroatoms. The molecule has 0 spiro atoms. The highest BCUT2D eigenvalue weighted by Gasteiger charge is 2.30. The van der Waals surface area contributed by atoms with E-state index in [0.717, 1.165) is 12.3 Å². The first kappa shape index (κ1) is 19.8. The van der Waals surface area contributed by atoms with Crippen LogP contribution in [0.1, 0.15) is 53.4 Å². The van der Waals surface area contributed by atoms with E-state index >= 15 is 0 Å². The fourth-order valence-electron chi connectivity index (χ4n) is 3.50. The molecular formula is C20H35NO2. The van der Waals surface area contributed by atoms with Gasteiger partial charge in [-0.25, -0.2) is 0 Å². The number of methoxy groups -OCH3 is 2. The maximum atomic E-state index is 5.33. The van der Waals surface area contributed by atoms with Gasteiger partial charge in [0, 0.05) is 12.6 Å². The van der Waals surface area contributed by atoms with Gasteiger partial charge in [-0.2, -0.15) is 0 Å². The van der Waals surface area contributed by atoms with Gasteiger partial charge in [-0.15, -0.1) is 0 Å². The predicted molar refractivity (Wildman–Crippen MR) is 98.2 cm³/mol. The van der Waals surface area contributed by atoms with Crippen LogP contribution in [0.15, 0.2) is 35.8 Å². The largest absolute Gasteiger partial charge is 0.504 e. The third kappa shape index (κ3) is 7.26. The summed E-state index contributed by atoms with van der Waals surface area (Å²) in [6.07, 6.45) is 12.9. The van der Waals surface area contributed by atoms with E-state index in [0.29, 0.717) is 17.4 Å². The Bertz CT molecular complexity index is 435. The van der Waals surface area contributed by atoms with Crippen molar-refractivity contribution in [2.75, 3.05) is 20.8 Å². The van der Waals surface area contributed by atoms with Gasteiger partial charge in [0.25, 0.3) is 0 Å². The fraction of sp³-hybridized carbons (Fsp3) is 0.700. The van der Waals surface area contributed by atoms with Gasteiger partial charge >= 0.3 is 0 Å². The Balaban J connectivity index is 2.75. The van der Waals surface area contributed by atoms with Crippen molar-refractivity contribution in [1.82, 2.24) is 5.32 Å². The second-order valence-electron chi connectivity index (χ2n) is 7.35. The normalized spacial score (nSPS) is 23.6. The summed E-state index contributed by atoms with van der Waals surface area (Å²) in [4.78, 5) is 0. The van der Waals surface area contributed by atoms with Gasteiger partial charge in [0.2, 0.25) is 0 Å². The first-order valence-electron chi connectivity index (χ1n) is 8.77. The van der Waals surface area contributed by atoms with Crippen molar-refractivity contribution in [2.24, 2.45) is 11.3 Å². The number of hydrogen-bond donors (Lipinski definition) is 1. The van der Waals surface area contributed by atoms with Crippen LogP contribution in [0.3, 0.4) is 0 Å². The predicted octanol–water partition coefficient (Wildman–Crippen LogP) is 4.82. The number of rotatable bonds is 9. The lowest BCUT2D eigenvalue weighted by Gasteiger charge is -2.27. The van der Waals surface area contributed by atoms with Crippen molar-refractivity contribution in [2.45, 2.75) is 59.4 Å². The summed E-state index contributed by atoms with van der Waals surface area (Å²) >= 11 is 0. The molecule has 1 fully saturated rings. The maximum Gasteiger partial charge on any atom is 0.0927 e. The van der Waals surface area contributed by atoms with Crippen molar-refractivity contribution in [3.05, 3.63) is 35.8 Å². The summed E-state index contributed by atoms with van der Waals surface area (Å²) in [5.41, 5.74) is 1.72. The molecule has 0 aliphatic carbocycles. The van der Waals surface area contributed by atoms with Crippen LogP contribution < -0.4 is 5.32 Å². The van der Waals surface area contributed by atoms with Crippen molar-refractivity contribution in [3.8, 4) is 0 Å². The Morgan fingerprint density at radius 2 is 2.04 bits per heavy atom. The molecular weight excluding hydrogens is 286 g/mol.